The normalized spacial score (nSPS) is 20.0. The molecular weight excluding hydrogens is 617 g/mol. The number of aryl methyl sites for hydroxylation is 4. The van der Waals surface area contributed by atoms with E-state index in [4.69, 9.17) is 10.5 Å². The third-order valence-corrected chi connectivity index (χ3v) is 11.8. The van der Waals surface area contributed by atoms with E-state index in [-0.39, 0.29) is 0 Å². The van der Waals surface area contributed by atoms with E-state index < -0.39 is 0 Å². The maximum Gasteiger partial charge on any atom is 0.0991 e. The second-order valence-electron chi connectivity index (χ2n) is 15.5. The van der Waals surface area contributed by atoms with Crippen molar-refractivity contribution in [2.75, 3.05) is 0 Å². The first kappa shape index (κ1) is 38.1. The molecule has 0 amide bonds. The maximum atomic E-state index is 8.87. The molecule has 2 saturated carbocycles. The van der Waals surface area contributed by atoms with Gasteiger partial charge in [0.25, 0.3) is 0 Å². The van der Waals surface area contributed by atoms with Crippen LogP contribution in [0.15, 0.2) is 97.1 Å². The first-order valence-corrected chi connectivity index (χ1v) is 20.2. The van der Waals surface area contributed by atoms with Crippen molar-refractivity contribution >= 4 is 0 Å². The van der Waals surface area contributed by atoms with Crippen molar-refractivity contribution in [3.8, 4) is 12.1 Å². The van der Waals surface area contributed by atoms with Crippen LogP contribution in [0.1, 0.15) is 154 Å². The number of rotatable bonds is 13. The van der Waals surface area contributed by atoms with Crippen LogP contribution in [0.2, 0.25) is 0 Å². The van der Waals surface area contributed by atoms with Crippen molar-refractivity contribution in [1.29, 1.82) is 10.5 Å². The lowest BCUT2D eigenvalue weighted by atomic mass is 9.77. The minimum Gasteiger partial charge on any atom is -0.192 e. The summed E-state index contributed by atoms with van der Waals surface area (Å²) in [7, 11) is 0. The molecule has 2 aliphatic rings. The molecule has 2 fully saturated rings. The van der Waals surface area contributed by atoms with Crippen LogP contribution < -0.4 is 0 Å². The smallest absolute Gasteiger partial charge is 0.0991 e. The van der Waals surface area contributed by atoms with Crippen molar-refractivity contribution < 1.29 is 0 Å². The zero-order chi connectivity index (χ0) is 35.7. The lowest BCUT2D eigenvalue weighted by Gasteiger charge is -2.29. The Kier molecular flexibility index (Phi) is 15.4. The Morgan fingerprint density at radius 3 is 1.08 bits per heavy atom. The predicted octanol–water partition coefficient (Wildman–Crippen LogP) is 13.2. The fraction of sp³-hybridized carbons (Fsp3) is 0.469. The third kappa shape index (κ3) is 12.3. The van der Waals surface area contributed by atoms with Crippen LogP contribution in [0.3, 0.4) is 0 Å². The highest BCUT2D eigenvalue weighted by Gasteiger charge is 2.23. The Morgan fingerprint density at radius 1 is 0.431 bits per heavy atom. The number of hydrogen-bond acceptors (Lipinski definition) is 2. The van der Waals surface area contributed by atoms with E-state index in [0.717, 1.165) is 60.5 Å². The summed E-state index contributed by atoms with van der Waals surface area (Å²) in [6.07, 6.45) is 22.3. The Labute approximate surface area is 310 Å². The zero-order valence-electron chi connectivity index (χ0n) is 31.5. The molecule has 2 heteroatoms. The second-order valence-corrected chi connectivity index (χ2v) is 15.5. The Morgan fingerprint density at radius 2 is 0.765 bits per heavy atom. The lowest BCUT2D eigenvalue weighted by Crippen LogP contribution is -2.13. The monoisotopic (exact) mass is 676 g/mol. The first-order valence-electron chi connectivity index (χ1n) is 20.2. The second kappa shape index (κ2) is 20.6. The number of benzene rings is 4. The average Bonchev–Trinajstić information content (AvgIpc) is 3.20. The summed E-state index contributed by atoms with van der Waals surface area (Å²) in [5, 5.41) is 17.7. The highest BCUT2D eigenvalue weighted by molar-refractivity contribution is 5.34. The van der Waals surface area contributed by atoms with Gasteiger partial charge in [0.05, 0.1) is 23.3 Å². The Hall–Kier alpha value is -4.14. The van der Waals surface area contributed by atoms with Gasteiger partial charge in [-0.05, 0) is 158 Å². The summed E-state index contributed by atoms with van der Waals surface area (Å²) in [6.45, 7) is 4.61. The molecule has 0 radical (unpaired) electrons. The van der Waals surface area contributed by atoms with Gasteiger partial charge in [-0.1, -0.05) is 119 Å². The summed E-state index contributed by atoms with van der Waals surface area (Å²) in [5.41, 5.74) is 9.99. The molecule has 0 saturated heterocycles. The standard InChI is InChI=1S/C25H31N.C24H29N/c1-2-3-4-20-11-15-24(16-12-20)25-17-13-22(14-18-25)6-5-21-7-9-23(19-26)10-8-21;1-2-3-19-10-14-23(15-11-19)24-16-12-21(13-17-24)5-4-20-6-8-22(18-25)9-7-20/h7-10,13-14,17-18,20,24H,2-6,11-12,15-16H2,1H3;6-9,12-13,16-17,19,23H,2-5,10-11,14-15H2,1H3. The topological polar surface area (TPSA) is 47.6 Å². The molecule has 4 aromatic rings. The molecule has 0 bridgehead atoms. The fourth-order valence-electron chi connectivity index (χ4n) is 8.45. The molecule has 51 heavy (non-hydrogen) atoms. The largest absolute Gasteiger partial charge is 0.192 e. The van der Waals surface area contributed by atoms with Crippen molar-refractivity contribution in [1.82, 2.24) is 0 Å². The van der Waals surface area contributed by atoms with E-state index in [1.165, 1.54) is 111 Å². The van der Waals surface area contributed by atoms with Crippen LogP contribution in [0.5, 0.6) is 0 Å². The van der Waals surface area contributed by atoms with Crippen molar-refractivity contribution in [3.05, 3.63) is 142 Å². The fourth-order valence-corrected chi connectivity index (χ4v) is 8.45. The van der Waals surface area contributed by atoms with Crippen LogP contribution in [-0.4, -0.2) is 0 Å². The summed E-state index contributed by atoms with van der Waals surface area (Å²) in [6, 6.07) is 39.0. The summed E-state index contributed by atoms with van der Waals surface area (Å²) >= 11 is 0. The van der Waals surface area contributed by atoms with E-state index >= 15 is 0 Å². The highest BCUT2D eigenvalue weighted by atomic mass is 14.3. The molecule has 6 rings (SSSR count). The van der Waals surface area contributed by atoms with Gasteiger partial charge in [-0.25, -0.2) is 0 Å². The summed E-state index contributed by atoms with van der Waals surface area (Å²) < 4.78 is 0. The van der Waals surface area contributed by atoms with Gasteiger partial charge in [0.1, 0.15) is 0 Å². The van der Waals surface area contributed by atoms with Crippen molar-refractivity contribution in [2.24, 2.45) is 11.8 Å². The SMILES string of the molecule is CCCC1CCC(c2ccc(CCc3ccc(C#N)cc3)cc2)CC1.CCCCC1CCC(c2ccc(CCc3ccc(C#N)cc3)cc2)CC1. The van der Waals surface area contributed by atoms with Gasteiger partial charge in [0, 0.05) is 0 Å². The molecule has 0 N–H and O–H groups in total. The molecule has 2 aliphatic carbocycles. The van der Waals surface area contributed by atoms with E-state index in [1.54, 1.807) is 5.56 Å². The number of nitriles is 2. The Bertz CT molecular complexity index is 1640. The maximum absolute atomic E-state index is 8.87. The van der Waals surface area contributed by atoms with Gasteiger partial charge < -0.3 is 0 Å². The van der Waals surface area contributed by atoms with E-state index in [0.29, 0.717) is 0 Å². The van der Waals surface area contributed by atoms with Crippen LogP contribution in [0.25, 0.3) is 0 Å². The van der Waals surface area contributed by atoms with Gasteiger partial charge in [-0.15, -0.1) is 0 Å². The van der Waals surface area contributed by atoms with Gasteiger partial charge in [-0.2, -0.15) is 10.5 Å². The zero-order valence-corrected chi connectivity index (χ0v) is 31.5. The predicted molar refractivity (Wildman–Crippen MR) is 214 cm³/mol. The van der Waals surface area contributed by atoms with Crippen LogP contribution in [0.4, 0.5) is 0 Å². The minimum absolute atomic E-state index is 0.738. The molecule has 4 aromatic carbocycles. The molecule has 0 spiro atoms. The van der Waals surface area contributed by atoms with Gasteiger partial charge >= 0.3 is 0 Å². The summed E-state index contributed by atoms with van der Waals surface area (Å²) in [5.74, 6) is 3.52. The van der Waals surface area contributed by atoms with E-state index in [2.05, 4.69) is 98.8 Å². The molecule has 2 nitrogen and oxygen atoms in total. The quantitative estimate of drug-likeness (QED) is 0.141. The van der Waals surface area contributed by atoms with Gasteiger partial charge in [0.2, 0.25) is 0 Å². The van der Waals surface area contributed by atoms with Crippen molar-refractivity contribution in [2.45, 2.75) is 135 Å². The lowest BCUT2D eigenvalue weighted by molar-refractivity contribution is 0.304. The highest BCUT2D eigenvalue weighted by Crippen LogP contribution is 2.39. The van der Waals surface area contributed by atoms with Crippen molar-refractivity contribution in [3.63, 3.8) is 0 Å². The van der Waals surface area contributed by atoms with Gasteiger partial charge in [0.15, 0.2) is 0 Å². The van der Waals surface area contributed by atoms with E-state index in [9.17, 15) is 0 Å². The van der Waals surface area contributed by atoms with E-state index in [1.807, 2.05) is 24.3 Å². The number of hydrogen-bond donors (Lipinski definition) is 0. The molecule has 0 atom stereocenters. The minimum atomic E-state index is 0.738. The third-order valence-electron chi connectivity index (χ3n) is 11.8. The molecule has 0 aliphatic heterocycles. The average molecular weight is 677 g/mol. The Balaban J connectivity index is 0.000000198. The molecule has 266 valence electrons. The van der Waals surface area contributed by atoms with Crippen LogP contribution >= 0.6 is 0 Å². The molecule has 0 heterocycles. The van der Waals surface area contributed by atoms with Crippen LogP contribution in [0, 0.1) is 34.5 Å². The number of unbranched alkanes of at least 4 members (excludes halogenated alkanes) is 1. The summed E-state index contributed by atoms with van der Waals surface area (Å²) in [4.78, 5) is 0. The first-order chi connectivity index (χ1) is 25.1. The van der Waals surface area contributed by atoms with Gasteiger partial charge in [-0.3, -0.25) is 0 Å². The van der Waals surface area contributed by atoms with Crippen LogP contribution in [-0.2, 0) is 25.7 Å². The molecule has 0 aromatic heterocycles. The molecular formula is C49H60N2. The molecule has 0 unspecified atom stereocenters. The number of nitrogens with zero attached hydrogens (tertiary/aromatic N) is 2.